The minimum atomic E-state index is -0.423. The summed E-state index contributed by atoms with van der Waals surface area (Å²) in [5.41, 5.74) is 15.4. The Morgan fingerprint density at radius 1 is 0.321 bits per heavy atom. The molecule has 374 valence electrons. The summed E-state index contributed by atoms with van der Waals surface area (Å²) in [7, 11) is 0. The van der Waals surface area contributed by atoms with Crippen molar-refractivity contribution in [2.45, 2.75) is 52.4 Å². The van der Waals surface area contributed by atoms with E-state index in [4.69, 9.17) is 13.7 Å². The van der Waals surface area contributed by atoms with E-state index >= 15 is 0 Å². The standard InChI is InChI=1S/C74H58N4/c1-73(2,3)61-31-19-29-57-67-63(75(51-25-15-9-16-26-51)53-37-33-49(34-38-53)47-21-11-7-12-22-47)43-41-55-59-46-66-60(45-65(59)77(69(57)61)71(55)67)56-42-44-64(68-58-30-20-32-62(74(4,5)6)70(58)78(66)72(56)68)76(52-27-17-10-18-28-52)54-39-35-50(36-40-54)48-23-13-8-14-24-48/h7-46H,1-6H3/i7D,8D,11D,12D,13D,14D,21D,22D,23D,24D. The summed E-state index contributed by atoms with van der Waals surface area (Å²) in [6.45, 7) is 13.7. The Hall–Kier alpha value is -9.38. The van der Waals surface area contributed by atoms with Crippen molar-refractivity contribution in [2.24, 2.45) is 0 Å². The first-order chi connectivity index (χ1) is 42.1. The smallest absolute Gasteiger partial charge is 0.0641 e. The predicted molar refractivity (Wildman–Crippen MR) is 333 cm³/mol. The van der Waals surface area contributed by atoms with Gasteiger partial charge in [-0.1, -0.05) is 211 Å². The number of aromatic nitrogens is 2. The van der Waals surface area contributed by atoms with E-state index in [1.165, 1.54) is 11.1 Å². The highest BCUT2D eigenvalue weighted by Crippen LogP contribution is 2.53. The van der Waals surface area contributed by atoms with Crippen molar-refractivity contribution in [3.05, 3.63) is 254 Å². The monoisotopic (exact) mass is 1010 g/mol. The molecule has 11 aromatic carbocycles. The maximum Gasteiger partial charge on any atom is 0.0641 e. The van der Waals surface area contributed by atoms with Crippen molar-refractivity contribution < 1.29 is 13.7 Å². The number of para-hydroxylation sites is 4. The molecule has 0 saturated heterocycles. The molecular weight excluding hydrogens is 945 g/mol. The molecule has 4 heteroatoms. The third-order valence-corrected chi connectivity index (χ3v) is 15.9. The van der Waals surface area contributed by atoms with Crippen LogP contribution in [0.15, 0.2) is 242 Å². The Balaban J connectivity index is 0.999. The molecule has 0 aliphatic rings. The first-order valence-electron chi connectivity index (χ1n) is 31.6. The maximum absolute atomic E-state index is 8.78. The van der Waals surface area contributed by atoms with Gasteiger partial charge in [0, 0.05) is 65.8 Å². The van der Waals surface area contributed by atoms with Crippen LogP contribution >= 0.6 is 0 Å². The highest BCUT2D eigenvalue weighted by Gasteiger charge is 2.31. The van der Waals surface area contributed by atoms with Gasteiger partial charge in [0.05, 0.1) is 58.2 Å². The van der Waals surface area contributed by atoms with Gasteiger partial charge < -0.3 is 18.6 Å². The lowest BCUT2D eigenvalue weighted by molar-refractivity contribution is 0.594. The molecule has 0 spiro atoms. The normalized spacial score (nSPS) is 14.3. The molecule has 0 unspecified atom stereocenters. The van der Waals surface area contributed by atoms with E-state index in [1.54, 1.807) is 0 Å². The summed E-state index contributed by atoms with van der Waals surface area (Å²) in [5, 5.41) is 8.86. The predicted octanol–water partition coefficient (Wildman–Crippen LogP) is 20.9. The summed E-state index contributed by atoms with van der Waals surface area (Å²) in [5.74, 6) is 0. The average Bonchev–Trinajstić information content (AvgIpc) is 1.55. The molecule has 0 amide bonds. The van der Waals surface area contributed by atoms with Crippen molar-refractivity contribution in [1.29, 1.82) is 0 Å². The number of anilines is 6. The summed E-state index contributed by atoms with van der Waals surface area (Å²) in [6.07, 6.45) is 0. The SMILES string of the molecule is [2H]c1c([2H])c([2H])c(-c2ccc(N(c3ccccc3)c3ccc4c5cc6c(cc5n5c7c(C(C)(C)C)cccc7c3c45)c3ccc(N(c4ccccc4)c4ccc(-c5c([2H])c([2H])c([2H])c([2H])c5[2H])cc4)c4c5cccc(C(C)(C)C)c5n6c34)cc2)c([2H])c1[2H]. The largest absolute Gasteiger partial charge is 0.310 e. The molecule has 15 aromatic rings. The molecule has 4 nitrogen and oxygen atoms in total. The lowest BCUT2D eigenvalue weighted by atomic mass is 9.85. The second kappa shape index (κ2) is 17.1. The number of fused-ring (bicyclic) bond motifs is 12. The fraction of sp³-hybridized carbons (Fsp3) is 0.108. The van der Waals surface area contributed by atoms with Gasteiger partial charge in [-0.25, -0.2) is 0 Å². The van der Waals surface area contributed by atoms with Crippen LogP contribution in [-0.2, 0) is 10.8 Å². The molecule has 0 fully saturated rings. The van der Waals surface area contributed by atoms with E-state index in [0.29, 0.717) is 11.1 Å². The van der Waals surface area contributed by atoms with Gasteiger partial charge in [0.2, 0.25) is 0 Å². The van der Waals surface area contributed by atoms with Crippen LogP contribution in [0.25, 0.3) is 98.4 Å². The lowest BCUT2D eigenvalue weighted by Gasteiger charge is -2.27. The van der Waals surface area contributed by atoms with Crippen LogP contribution in [0.2, 0.25) is 0 Å². The number of nitrogens with zero attached hydrogens (tertiary/aromatic N) is 4. The zero-order valence-electron chi connectivity index (χ0n) is 54.1. The molecule has 0 aliphatic carbocycles. The van der Waals surface area contributed by atoms with Crippen LogP contribution in [0, 0.1) is 0 Å². The molecule has 4 heterocycles. The molecule has 0 aliphatic heterocycles. The van der Waals surface area contributed by atoms with Crippen molar-refractivity contribution in [1.82, 2.24) is 8.80 Å². The lowest BCUT2D eigenvalue weighted by Crippen LogP contribution is -2.12. The molecular formula is C74H58N4. The van der Waals surface area contributed by atoms with Crippen molar-refractivity contribution in [3.63, 3.8) is 0 Å². The highest BCUT2D eigenvalue weighted by atomic mass is 15.2. The van der Waals surface area contributed by atoms with E-state index in [9.17, 15) is 0 Å². The van der Waals surface area contributed by atoms with Gasteiger partial charge in [-0.2, -0.15) is 0 Å². The van der Waals surface area contributed by atoms with Gasteiger partial charge in [0.15, 0.2) is 0 Å². The Morgan fingerprint density at radius 2 is 0.692 bits per heavy atom. The summed E-state index contributed by atoms with van der Waals surface area (Å²) in [4.78, 5) is 4.53. The first-order valence-corrected chi connectivity index (χ1v) is 26.6. The van der Waals surface area contributed by atoms with Crippen molar-refractivity contribution in [3.8, 4) is 22.3 Å². The number of hydrogen-bond acceptors (Lipinski definition) is 2. The third-order valence-electron chi connectivity index (χ3n) is 15.9. The second-order valence-electron chi connectivity index (χ2n) is 22.6. The van der Waals surface area contributed by atoms with Gasteiger partial charge in [0.25, 0.3) is 0 Å². The fourth-order valence-corrected chi connectivity index (χ4v) is 12.6. The fourth-order valence-electron chi connectivity index (χ4n) is 12.6. The zero-order chi connectivity index (χ0) is 61.3. The molecule has 15 rings (SSSR count). The number of benzene rings is 11. The highest BCUT2D eigenvalue weighted by molar-refractivity contribution is 6.32. The van der Waals surface area contributed by atoms with Crippen LogP contribution in [0.1, 0.15) is 66.4 Å². The molecule has 4 aromatic heterocycles. The van der Waals surface area contributed by atoms with Gasteiger partial charge in [-0.15, -0.1) is 0 Å². The van der Waals surface area contributed by atoms with Gasteiger partial charge in [-0.05, 0) is 117 Å². The molecule has 0 atom stereocenters. The van der Waals surface area contributed by atoms with Crippen LogP contribution in [0.5, 0.6) is 0 Å². The van der Waals surface area contributed by atoms with E-state index in [0.717, 1.165) is 110 Å². The van der Waals surface area contributed by atoms with Crippen LogP contribution in [-0.4, -0.2) is 8.80 Å². The van der Waals surface area contributed by atoms with Crippen LogP contribution in [0.4, 0.5) is 34.1 Å². The molecule has 0 radical (unpaired) electrons. The minimum Gasteiger partial charge on any atom is -0.310 e. The topological polar surface area (TPSA) is 15.3 Å². The summed E-state index contributed by atoms with van der Waals surface area (Å²) < 4.78 is 90.3. The van der Waals surface area contributed by atoms with E-state index in [2.05, 4.69) is 157 Å². The van der Waals surface area contributed by atoms with Gasteiger partial charge in [0.1, 0.15) is 0 Å². The van der Waals surface area contributed by atoms with E-state index < -0.39 is 12.1 Å². The van der Waals surface area contributed by atoms with Gasteiger partial charge >= 0.3 is 0 Å². The zero-order valence-corrected chi connectivity index (χ0v) is 44.1. The number of hydrogen-bond donors (Lipinski definition) is 0. The Morgan fingerprint density at radius 3 is 1.06 bits per heavy atom. The molecule has 78 heavy (non-hydrogen) atoms. The quantitative estimate of drug-likeness (QED) is 0.151. The van der Waals surface area contributed by atoms with Crippen molar-refractivity contribution >= 4 is 110 Å². The number of rotatable bonds is 8. The second-order valence-corrected chi connectivity index (χ2v) is 22.6. The molecule has 0 saturated carbocycles. The Bertz CT molecular complexity index is 5000. The molecule has 0 N–H and O–H groups in total. The van der Waals surface area contributed by atoms with Crippen LogP contribution < -0.4 is 9.80 Å². The van der Waals surface area contributed by atoms with Crippen molar-refractivity contribution in [2.75, 3.05) is 9.80 Å². The van der Waals surface area contributed by atoms with Crippen LogP contribution in [0.3, 0.4) is 0 Å². The Kier molecular flexibility index (Phi) is 8.00. The third kappa shape index (κ3) is 6.85. The first kappa shape index (κ1) is 36.6. The minimum absolute atomic E-state index is 0.158. The summed E-state index contributed by atoms with van der Waals surface area (Å²) in [6, 6.07) is 59.7. The Labute approximate surface area is 469 Å². The maximum atomic E-state index is 8.78. The van der Waals surface area contributed by atoms with Gasteiger partial charge in [-0.3, -0.25) is 0 Å². The van der Waals surface area contributed by atoms with E-state index in [-0.39, 0.29) is 70.3 Å². The summed E-state index contributed by atoms with van der Waals surface area (Å²) >= 11 is 0. The molecule has 0 bridgehead atoms. The van der Waals surface area contributed by atoms with E-state index in [1.807, 2.05) is 84.9 Å². The average molecular weight is 1010 g/mol.